The average Bonchev–Trinajstić information content (AvgIpc) is 2.63. The number of nitrogens with zero attached hydrogens (tertiary/aromatic N) is 4. The summed E-state index contributed by atoms with van der Waals surface area (Å²) in [6, 6.07) is 16.5. The van der Waals surface area contributed by atoms with Gasteiger partial charge in [-0.1, -0.05) is 36.4 Å². The van der Waals surface area contributed by atoms with Gasteiger partial charge in [0.05, 0.1) is 17.1 Å². The first kappa shape index (κ1) is 14.0. The summed E-state index contributed by atoms with van der Waals surface area (Å²) in [4.78, 5) is 15.9. The minimum absolute atomic E-state index is 0.868. The Morgan fingerprint density at radius 3 is 2.61 bits per heavy atom. The SMILES string of the molecule is c1ccc(CN2CCc3c(ncnc3-c3ccccn3)C2)cc1. The Morgan fingerprint density at radius 1 is 0.913 bits per heavy atom. The van der Waals surface area contributed by atoms with Crippen LogP contribution < -0.4 is 0 Å². The first-order valence-electron chi connectivity index (χ1n) is 7.90. The molecular formula is C19H18N4. The Hall–Kier alpha value is -2.59. The number of hydrogen-bond donors (Lipinski definition) is 0. The molecule has 2 aromatic heterocycles. The third kappa shape index (κ3) is 2.98. The van der Waals surface area contributed by atoms with Crippen molar-refractivity contribution in [2.24, 2.45) is 0 Å². The Morgan fingerprint density at radius 2 is 1.78 bits per heavy atom. The van der Waals surface area contributed by atoms with Crippen LogP contribution in [0.2, 0.25) is 0 Å². The molecule has 0 unspecified atom stereocenters. The van der Waals surface area contributed by atoms with E-state index >= 15 is 0 Å². The third-order valence-corrected chi connectivity index (χ3v) is 4.24. The molecule has 0 bridgehead atoms. The van der Waals surface area contributed by atoms with Gasteiger partial charge in [-0.25, -0.2) is 9.97 Å². The maximum atomic E-state index is 4.52. The molecule has 0 aliphatic carbocycles. The predicted octanol–water partition coefficient (Wildman–Crippen LogP) is 3.10. The molecular weight excluding hydrogens is 284 g/mol. The number of rotatable bonds is 3. The monoisotopic (exact) mass is 302 g/mol. The average molecular weight is 302 g/mol. The predicted molar refractivity (Wildman–Crippen MR) is 89.5 cm³/mol. The van der Waals surface area contributed by atoms with Crippen LogP contribution >= 0.6 is 0 Å². The van der Waals surface area contributed by atoms with Gasteiger partial charge in [0.25, 0.3) is 0 Å². The largest absolute Gasteiger partial charge is 0.293 e. The Kier molecular flexibility index (Phi) is 3.82. The maximum Gasteiger partial charge on any atom is 0.116 e. The molecule has 0 N–H and O–H groups in total. The minimum atomic E-state index is 0.868. The summed E-state index contributed by atoms with van der Waals surface area (Å²) in [6.07, 6.45) is 4.44. The molecule has 114 valence electrons. The summed E-state index contributed by atoms with van der Waals surface area (Å²) < 4.78 is 0. The first-order chi connectivity index (χ1) is 11.4. The van der Waals surface area contributed by atoms with Crippen LogP contribution in [0.15, 0.2) is 61.1 Å². The number of pyridine rings is 1. The van der Waals surface area contributed by atoms with E-state index in [-0.39, 0.29) is 0 Å². The van der Waals surface area contributed by atoms with Crippen LogP contribution in [-0.4, -0.2) is 26.4 Å². The number of benzene rings is 1. The zero-order valence-corrected chi connectivity index (χ0v) is 12.9. The Labute approximate surface area is 135 Å². The molecule has 0 fully saturated rings. The van der Waals surface area contributed by atoms with E-state index in [1.54, 1.807) is 6.33 Å². The molecule has 0 amide bonds. The van der Waals surface area contributed by atoms with E-state index in [4.69, 9.17) is 0 Å². The maximum absolute atomic E-state index is 4.52. The van der Waals surface area contributed by atoms with E-state index in [1.165, 1.54) is 11.1 Å². The fourth-order valence-corrected chi connectivity index (χ4v) is 3.11. The van der Waals surface area contributed by atoms with E-state index in [2.05, 4.69) is 50.2 Å². The highest BCUT2D eigenvalue weighted by atomic mass is 15.1. The van der Waals surface area contributed by atoms with Crippen molar-refractivity contribution in [3.05, 3.63) is 77.9 Å². The summed E-state index contributed by atoms with van der Waals surface area (Å²) in [5.41, 5.74) is 5.63. The summed E-state index contributed by atoms with van der Waals surface area (Å²) >= 11 is 0. The molecule has 1 aromatic carbocycles. The van der Waals surface area contributed by atoms with Crippen LogP contribution in [0.3, 0.4) is 0 Å². The van der Waals surface area contributed by atoms with Crippen molar-refractivity contribution in [2.45, 2.75) is 19.5 Å². The zero-order chi connectivity index (χ0) is 15.5. The zero-order valence-electron chi connectivity index (χ0n) is 12.9. The van der Waals surface area contributed by atoms with Crippen LogP contribution in [0.4, 0.5) is 0 Å². The molecule has 0 saturated carbocycles. The van der Waals surface area contributed by atoms with Gasteiger partial charge in [-0.3, -0.25) is 9.88 Å². The van der Waals surface area contributed by atoms with Gasteiger partial charge in [0.15, 0.2) is 0 Å². The lowest BCUT2D eigenvalue weighted by molar-refractivity contribution is 0.241. The molecule has 3 heterocycles. The van der Waals surface area contributed by atoms with Gasteiger partial charge >= 0.3 is 0 Å². The fraction of sp³-hybridized carbons (Fsp3) is 0.211. The smallest absolute Gasteiger partial charge is 0.116 e. The van der Waals surface area contributed by atoms with E-state index in [0.717, 1.165) is 43.1 Å². The van der Waals surface area contributed by atoms with Gasteiger partial charge in [-0.15, -0.1) is 0 Å². The van der Waals surface area contributed by atoms with Crippen molar-refractivity contribution < 1.29 is 0 Å². The number of hydrogen-bond acceptors (Lipinski definition) is 4. The molecule has 1 aliphatic heterocycles. The molecule has 0 radical (unpaired) electrons. The van der Waals surface area contributed by atoms with E-state index in [0.29, 0.717) is 0 Å². The number of aromatic nitrogens is 3. The lowest BCUT2D eigenvalue weighted by Gasteiger charge is -2.28. The van der Waals surface area contributed by atoms with Gasteiger partial charge in [-0.05, 0) is 24.1 Å². The summed E-state index contributed by atoms with van der Waals surface area (Å²) in [5.74, 6) is 0. The summed E-state index contributed by atoms with van der Waals surface area (Å²) in [7, 11) is 0. The molecule has 23 heavy (non-hydrogen) atoms. The highest BCUT2D eigenvalue weighted by Crippen LogP contribution is 2.26. The van der Waals surface area contributed by atoms with Crippen LogP contribution in [-0.2, 0) is 19.5 Å². The highest BCUT2D eigenvalue weighted by Gasteiger charge is 2.21. The topological polar surface area (TPSA) is 41.9 Å². The van der Waals surface area contributed by atoms with Crippen molar-refractivity contribution in [1.82, 2.24) is 19.9 Å². The van der Waals surface area contributed by atoms with Gasteiger partial charge in [0, 0.05) is 31.4 Å². The Balaban J connectivity index is 1.59. The quantitative estimate of drug-likeness (QED) is 0.745. The molecule has 4 heteroatoms. The van der Waals surface area contributed by atoms with Crippen LogP contribution in [0, 0.1) is 0 Å². The Bertz CT molecular complexity index is 787. The van der Waals surface area contributed by atoms with Gasteiger partial charge < -0.3 is 0 Å². The highest BCUT2D eigenvalue weighted by molar-refractivity contribution is 5.59. The van der Waals surface area contributed by atoms with Crippen molar-refractivity contribution >= 4 is 0 Å². The minimum Gasteiger partial charge on any atom is -0.293 e. The molecule has 0 atom stereocenters. The standard InChI is InChI=1S/C19H18N4/c1-2-6-15(7-3-1)12-23-11-9-16-18(13-23)21-14-22-19(16)17-8-4-5-10-20-17/h1-8,10,14H,9,11-13H2. The van der Waals surface area contributed by atoms with Crippen LogP contribution in [0.5, 0.6) is 0 Å². The lowest BCUT2D eigenvalue weighted by Crippen LogP contribution is -2.31. The normalized spacial score (nSPS) is 14.4. The second-order valence-electron chi connectivity index (χ2n) is 5.81. The third-order valence-electron chi connectivity index (χ3n) is 4.24. The summed E-state index contributed by atoms with van der Waals surface area (Å²) in [6.45, 7) is 2.85. The van der Waals surface area contributed by atoms with E-state index in [1.807, 2.05) is 24.4 Å². The van der Waals surface area contributed by atoms with Crippen LogP contribution in [0.1, 0.15) is 16.8 Å². The summed E-state index contributed by atoms with van der Waals surface area (Å²) in [5, 5.41) is 0. The van der Waals surface area contributed by atoms with Crippen molar-refractivity contribution in [3.63, 3.8) is 0 Å². The molecule has 1 aliphatic rings. The molecule has 0 saturated heterocycles. The molecule has 3 aromatic rings. The lowest BCUT2D eigenvalue weighted by atomic mass is 10.0. The molecule has 0 spiro atoms. The number of fused-ring (bicyclic) bond motifs is 1. The van der Waals surface area contributed by atoms with Gasteiger partial charge in [0.2, 0.25) is 0 Å². The van der Waals surface area contributed by atoms with E-state index < -0.39 is 0 Å². The van der Waals surface area contributed by atoms with Crippen molar-refractivity contribution in [3.8, 4) is 11.4 Å². The fourth-order valence-electron chi connectivity index (χ4n) is 3.11. The van der Waals surface area contributed by atoms with Gasteiger partial charge in [-0.2, -0.15) is 0 Å². The molecule has 4 rings (SSSR count). The molecule has 4 nitrogen and oxygen atoms in total. The first-order valence-corrected chi connectivity index (χ1v) is 7.90. The van der Waals surface area contributed by atoms with E-state index in [9.17, 15) is 0 Å². The second kappa shape index (κ2) is 6.26. The van der Waals surface area contributed by atoms with Gasteiger partial charge in [0.1, 0.15) is 6.33 Å². The van der Waals surface area contributed by atoms with Crippen LogP contribution in [0.25, 0.3) is 11.4 Å². The van der Waals surface area contributed by atoms with Crippen molar-refractivity contribution in [2.75, 3.05) is 6.54 Å². The van der Waals surface area contributed by atoms with Crippen molar-refractivity contribution in [1.29, 1.82) is 0 Å². The second-order valence-corrected chi connectivity index (χ2v) is 5.81.